The van der Waals surface area contributed by atoms with Gasteiger partial charge in [0.05, 0.1) is 11.6 Å². The largest absolute Gasteiger partial charge is 0.416 e. The van der Waals surface area contributed by atoms with Gasteiger partial charge < -0.3 is 10.6 Å². The summed E-state index contributed by atoms with van der Waals surface area (Å²) in [6, 6.07) is 4.45. The highest BCUT2D eigenvalue weighted by Crippen LogP contribution is 2.47. The minimum atomic E-state index is -4.67. The van der Waals surface area contributed by atoms with Crippen molar-refractivity contribution >= 4 is 40.4 Å². The summed E-state index contributed by atoms with van der Waals surface area (Å²) in [6.07, 6.45) is -9.67. The van der Waals surface area contributed by atoms with Gasteiger partial charge in [0.2, 0.25) is 0 Å². The van der Waals surface area contributed by atoms with Crippen LogP contribution >= 0.6 is 22.9 Å². The third-order valence-electron chi connectivity index (χ3n) is 4.85. The molecule has 0 radical (unpaired) electrons. The van der Waals surface area contributed by atoms with Crippen LogP contribution in [0, 0.1) is 0 Å². The molecule has 2 N–H and O–H groups in total. The monoisotopic (exact) mass is 494 g/mol. The maximum atomic E-state index is 13.7. The summed E-state index contributed by atoms with van der Waals surface area (Å²) in [6.45, 7) is 0. The van der Waals surface area contributed by atoms with Crippen LogP contribution in [0.3, 0.4) is 0 Å². The first-order valence-electron chi connectivity index (χ1n) is 9.08. The predicted molar refractivity (Wildman–Crippen MR) is 107 cm³/mol. The van der Waals surface area contributed by atoms with Crippen LogP contribution in [-0.4, -0.2) is 21.9 Å². The number of anilines is 2. The summed E-state index contributed by atoms with van der Waals surface area (Å²) in [5, 5.41) is 10.2. The van der Waals surface area contributed by atoms with Crippen molar-refractivity contribution in [2.75, 3.05) is 10.6 Å². The Bertz CT molecular complexity index is 1140. The lowest BCUT2D eigenvalue weighted by Gasteiger charge is -2.32. The Balaban J connectivity index is 1.67. The lowest BCUT2D eigenvalue weighted by Crippen LogP contribution is -2.35. The van der Waals surface area contributed by atoms with Gasteiger partial charge in [-0.2, -0.15) is 31.4 Å². The molecule has 2 aromatic heterocycles. The minimum Gasteiger partial charge on any atom is -0.361 e. The number of halogens is 7. The van der Waals surface area contributed by atoms with E-state index in [2.05, 4.69) is 15.7 Å². The van der Waals surface area contributed by atoms with E-state index >= 15 is 0 Å². The van der Waals surface area contributed by atoms with E-state index in [9.17, 15) is 31.1 Å². The summed E-state index contributed by atoms with van der Waals surface area (Å²) < 4.78 is 80.5. The summed E-state index contributed by atoms with van der Waals surface area (Å²) >= 11 is 7.47. The van der Waals surface area contributed by atoms with Gasteiger partial charge in [-0.25, -0.2) is 4.68 Å². The molecule has 4 rings (SSSR count). The highest BCUT2D eigenvalue weighted by Gasteiger charge is 2.48. The van der Waals surface area contributed by atoms with Gasteiger partial charge in [0.15, 0.2) is 11.7 Å². The van der Waals surface area contributed by atoms with Gasteiger partial charge in [0, 0.05) is 17.0 Å². The maximum Gasteiger partial charge on any atom is 0.416 e. The lowest BCUT2D eigenvalue weighted by molar-refractivity contribution is -0.173. The van der Waals surface area contributed by atoms with E-state index in [4.69, 9.17) is 11.6 Å². The molecule has 2 atom stereocenters. The SMILES string of the molecule is O=C(Nc1cccc(C(F)(F)F)c1)c1nn2c(c1Cl)NC(c1cccs1)CC2C(F)(F)F. The molecule has 170 valence electrons. The predicted octanol–water partition coefficient (Wildman–Crippen LogP) is 6.53. The molecule has 32 heavy (non-hydrogen) atoms. The van der Waals surface area contributed by atoms with Crippen molar-refractivity contribution in [2.45, 2.75) is 30.9 Å². The molecule has 13 heteroatoms. The second-order valence-electron chi connectivity index (χ2n) is 6.99. The number of hydrogen-bond acceptors (Lipinski definition) is 4. The zero-order chi connectivity index (χ0) is 23.3. The topological polar surface area (TPSA) is 59.0 Å². The molecular weight excluding hydrogens is 482 g/mol. The third-order valence-corrected chi connectivity index (χ3v) is 6.19. The van der Waals surface area contributed by atoms with Crippen LogP contribution in [-0.2, 0) is 6.18 Å². The third kappa shape index (κ3) is 4.29. The van der Waals surface area contributed by atoms with Gasteiger partial charge in [0.25, 0.3) is 5.91 Å². The molecule has 0 aliphatic carbocycles. The number of alkyl halides is 6. The Hall–Kier alpha value is -2.73. The first-order chi connectivity index (χ1) is 14.9. The van der Waals surface area contributed by atoms with Gasteiger partial charge in [-0.15, -0.1) is 11.3 Å². The molecule has 1 aromatic carbocycles. The minimum absolute atomic E-state index is 0.187. The number of benzene rings is 1. The molecule has 0 spiro atoms. The standard InChI is InChI=1S/C19H13ClF6N4OS/c20-14-15(17(31)27-10-4-1-3-9(7-10)18(21,22)23)29-30-13(19(24,25)26)8-11(28-16(14)30)12-5-2-6-32-12/h1-7,11,13,28H,8H2,(H,27,31). The highest BCUT2D eigenvalue weighted by molar-refractivity contribution is 7.10. The van der Waals surface area contributed by atoms with Crippen molar-refractivity contribution in [1.82, 2.24) is 9.78 Å². The van der Waals surface area contributed by atoms with E-state index in [0.29, 0.717) is 15.6 Å². The quantitative estimate of drug-likeness (QED) is 0.407. The highest BCUT2D eigenvalue weighted by atomic mass is 35.5. The number of rotatable bonds is 3. The lowest BCUT2D eigenvalue weighted by atomic mass is 10.0. The molecule has 0 bridgehead atoms. The number of carbonyl (C=O) groups excluding carboxylic acids is 1. The molecule has 3 aromatic rings. The number of thiophene rings is 1. The molecule has 0 fully saturated rings. The Kier molecular flexibility index (Phi) is 5.61. The smallest absolute Gasteiger partial charge is 0.361 e. The molecular formula is C19H13ClF6N4OS. The molecule has 3 heterocycles. The van der Waals surface area contributed by atoms with Crippen LogP contribution in [0.2, 0.25) is 5.02 Å². The number of nitrogens with zero attached hydrogens (tertiary/aromatic N) is 2. The number of aromatic nitrogens is 2. The average molecular weight is 495 g/mol. The Morgan fingerprint density at radius 3 is 2.56 bits per heavy atom. The van der Waals surface area contributed by atoms with Crippen molar-refractivity contribution in [2.24, 2.45) is 0 Å². The fourth-order valence-corrected chi connectivity index (χ4v) is 4.43. The normalized spacial score (nSPS) is 18.7. The van der Waals surface area contributed by atoms with E-state index in [1.807, 2.05) is 0 Å². The van der Waals surface area contributed by atoms with E-state index in [0.717, 1.165) is 12.1 Å². The fraction of sp³-hybridized carbons (Fsp3) is 0.263. The Morgan fingerprint density at radius 2 is 1.94 bits per heavy atom. The average Bonchev–Trinajstić information content (AvgIpc) is 3.35. The molecule has 0 saturated heterocycles. The first-order valence-corrected chi connectivity index (χ1v) is 10.3. The van der Waals surface area contributed by atoms with E-state index in [1.54, 1.807) is 17.5 Å². The second-order valence-corrected chi connectivity index (χ2v) is 8.35. The van der Waals surface area contributed by atoms with Gasteiger partial charge in [-0.05, 0) is 29.6 Å². The molecule has 1 aliphatic heterocycles. The zero-order valence-corrected chi connectivity index (χ0v) is 17.3. The number of nitrogens with one attached hydrogen (secondary N) is 2. The van der Waals surface area contributed by atoms with E-state index in [-0.39, 0.29) is 22.9 Å². The number of amides is 1. The van der Waals surface area contributed by atoms with Crippen molar-refractivity contribution in [1.29, 1.82) is 0 Å². The summed E-state index contributed by atoms with van der Waals surface area (Å²) in [4.78, 5) is 13.3. The summed E-state index contributed by atoms with van der Waals surface area (Å²) in [7, 11) is 0. The van der Waals surface area contributed by atoms with Crippen molar-refractivity contribution in [3.8, 4) is 0 Å². The zero-order valence-electron chi connectivity index (χ0n) is 15.8. The van der Waals surface area contributed by atoms with Crippen molar-refractivity contribution in [3.63, 3.8) is 0 Å². The first kappa shape index (κ1) is 22.5. The van der Waals surface area contributed by atoms with E-state index in [1.165, 1.54) is 17.4 Å². The Morgan fingerprint density at radius 1 is 1.19 bits per heavy atom. The maximum absolute atomic E-state index is 13.7. The van der Waals surface area contributed by atoms with Gasteiger partial charge in [-0.1, -0.05) is 23.7 Å². The van der Waals surface area contributed by atoms with Crippen LogP contribution in [0.15, 0.2) is 41.8 Å². The van der Waals surface area contributed by atoms with Crippen molar-refractivity contribution in [3.05, 3.63) is 62.9 Å². The number of fused-ring (bicyclic) bond motifs is 1. The number of carbonyl (C=O) groups is 1. The molecule has 1 amide bonds. The second kappa shape index (κ2) is 8.00. The fourth-order valence-electron chi connectivity index (χ4n) is 3.37. The Labute approximate surface area is 186 Å². The van der Waals surface area contributed by atoms with Crippen LogP contribution < -0.4 is 10.6 Å². The molecule has 2 unspecified atom stereocenters. The van der Waals surface area contributed by atoms with Crippen LogP contribution in [0.25, 0.3) is 0 Å². The van der Waals surface area contributed by atoms with Gasteiger partial charge >= 0.3 is 12.4 Å². The van der Waals surface area contributed by atoms with Crippen LogP contribution in [0.5, 0.6) is 0 Å². The number of hydrogen-bond donors (Lipinski definition) is 2. The van der Waals surface area contributed by atoms with Crippen molar-refractivity contribution < 1.29 is 31.1 Å². The van der Waals surface area contributed by atoms with E-state index < -0.39 is 41.6 Å². The summed E-state index contributed by atoms with van der Waals surface area (Å²) in [5.74, 6) is -1.22. The van der Waals surface area contributed by atoms with Crippen LogP contribution in [0.4, 0.5) is 37.8 Å². The van der Waals surface area contributed by atoms with Gasteiger partial charge in [0.1, 0.15) is 10.8 Å². The molecule has 1 aliphatic rings. The molecule has 0 saturated carbocycles. The van der Waals surface area contributed by atoms with Gasteiger partial charge in [-0.3, -0.25) is 4.79 Å². The summed E-state index contributed by atoms with van der Waals surface area (Å²) in [5.41, 5.74) is -1.74. The molecule has 5 nitrogen and oxygen atoms in total. The van der Waals surface area contributed by atoms with Crippen LogP contribution in [0.1, 0.15) is 39.4 Å².